The Morgan fingerprint density at radius 1 is 1.00 bits per heavy atom. The lowest BCUT2D eigenvalue weighted by Gasteiger charge is -2.35. The number of ether oxygens (including phenoxy) is 1. The molecular weight excluding hydrogens is 340 g/mol. The van der Waals surface area contributed by atoms with Crippen LogP contribution < -0.4 is 4.74 Å². The molecule has 1 atom stereocenters. The number of rotatable bonds is 7. The molecule has 0 aromatic heterocycles. The van der Waals surface area contributed by atoms with Gasteiger partial charge in [0.25, 0.3) is 0 Å². The number of benzene rings is 2. The molecule has 142 valence electrons. The van der Waals surface area contributed by atoms with Crippen LogP contribution in [0.1, 0.15) is 5.56 Å². The number of hydrogen-bond acceptors (Lipinski definition) is 4. The summed E-state index contributed by atoms with van der Waals surface area (Å²) in [6.45, 7) is 3.67. The molecule has 1 fully saturated rings. The second-order valence-corrected chi connectivity index (χ2v) is 6.65. The molecule has 0 aliphatic carbocycles. The molecule has 0 spiro atoms. The molecule has 1 saturated heterocycles. The van der Waals surface area contributed by atoms with Gasteiger partial charge in [-0.2, -0.15) is 0 Å². The highest BCUT2D eigenvalue weighted by atomic mass is 16.5. The van der Waals surface area contributed by atoms with E-state index in [1.165, 1.54) is 0 Å². The van der Waals surface area contributed by atoms with Crippen molar-refractivity contribution >= 4 is 12.0 Å². The van der Waals surface area contributed by atoms with E-state index in [1.807, 2.05) is 71.6 Å². The van der Waals surface area contributed by atoms with Gasteiger partial charge in [0.2, 0.25) is 5.91 Å². The number of carbonyl (C=O) groups is 1. The van der Waals surface area contributed by atoms with Crippen molar-refractivity contribution in [2.75, 3.05) is 39.3 Å². The Morgan fingerprint density at radius 3 is 2.30 bits per heavy atom. The van der Waals surface area contributed by atoms with Crippen molar-refractivity contribution in [3.05, 3.63) is 72.3 Å². The largest absolute Gasteiger partial charge is 0.491 e. The zero-order valence-electron chi connectivity index (χ0n) is 15.4. The molecule has 5 heteroatoms. The second kappa shape index (κ2) is 9.90. The normalized spacial score (nSPS) is 16.4. The van der Waals surface area contributed by atoms with Crippen LogP contribution in [0.2, 0.25) is 0 Å². The molecule has 27 heavy (non-hydrogen) atoms. The maximum Gasteiger partial charge on any atom is 0.246 e. The molecule has 1 aliphatic rings. The summed E-state index contributed by atoms with van der Waals surface area (Å²) in [5.74, 6) is 0.795. The third-order valence-corrected chi connectivity index (χ3v) is 4.56. The van der Waals surface area contributed by atoms with Crippen molar-refractivity contribution in [2.24, 2.45) is 0 Å². The SMILES string of the molecule is O=C(/C=C/c1ccccc1)N1CCN(C[C@H](O)COc2ccccc2)CC1. The van der Waals surface area contributed by atoms with Crippen molar-refractivity contribution < 1.29 is 14.6 Å². The maximum absolute atomic E-state index is 12.3. The second-order valence-electron chi connectivity index (χ2n) is 6.65. The van der Waals surface area contributed by atoms with E-state index in [1.54, 1.807) is 6.08 Å². The van der Waals surface area contributed by atoms with E-state index in [0.29, 0.717) is 19.6 Å². The third-order valence-electron chi connectivity index (χ3n) is 4.56. The van der Waals surface area contributed by atoms with Gasteiger partial charge >= 0.3 is 0 Å². The van der Waals surface area contributed by atoms with Crippen LogP contribution in [0.3, 0.4) is 0 Å². The Morgan fingerprint density at radius 2 is 1.63 bits per heavy atom. The summed E-state index contributed by atoms with van der Waals surface area (Å²) in [6, 6.07) is 19.3. The van der Waals surface area contributed by atoms with E-state index < -0.39 is 6.10 Å². The summed E-state index contributed by atoms with van der Waals surface area (Å²) in [6.07, 6.45) is 2.93. The van der Waals surface area contributed by atoms with Gasteiger partial charge in [0.15, 0.2) is 0 Å². The van der Waals surface area contributed by atoms with Gasteiger partial charge < -0.3 is 14.7 Å². The number of hydrogen-bond donors (Lipinski definition) is 1. The van der Waals surface area contributed by atoms with E-state index in [-0.39, 0.29) is 12.5 Å². The Kier molecular flexibility index (Phi) is 7.02. The lowest BCUT2D eigenvalue weighted by Crippen LogP contribution is -2.50. The Bertz CT molecular complexity index is 726. The average molecular weight is 366 g/mol. The van der Waals surface area contributed by atoms with Gasteiger partial charge in [0.1, 0.15) is 18.5 Å². The first-order valence-electron chi connectivity index (χ1n) is 9.31. The van der Waals surface area contributed by atoms with Crippen molar-refractivity contribution in [3.8, 4) is 5.75 Å². The quantitative estimate of drug-likeness (QED) is 0.764. The van der Waals surface area contributed by atoms with E-state index in [4.69, 9.17) is 4.74 Å². The van der Waals surface area contributed by atoms with Crippen LogP contribution in [0.4, 0.5) is 0 Å². The number of nitrogens with zero attached hydrogens (tertiary/aromatic N) is 2. The number of piperazine rings is 1. The fraction of sp³-hybridized carbons (Fsp3) is 0.318. The highest BCUT2D eigenvalue weighted by Gasteiger charge is 2.21. The van der Waals surface area contributed by atoms with Gasteiger partial charge in [-0.3, -0.25) is 9.69 Å². The zero-order chi connectivity index (χ0) is 18.9. The van der Waals surface area contributed by atoms with Crippen LogP contribution in [0.15, 0.2) is 66.7 Å². The number of aliphatic hydroxyl groups is 1. The topological polar surface area (TPSA) is 53.0 Å². The summed E-state index contributed by atoms with van der Waals surface area (Å²) in [4.78, 5) is 16.3. The number of para-hydroxylation sites is 1. The maximum atomic E-state index is 12.3. The van der Waals surface area contributed by atoms with Gasteiger partial charge in [-0.05, 0) is 23.8 Å². The van der Waals surface area contributed by atoms with Gasteiger partial charge in [-0.15, -0.1) is 0 Å². The predicted octanol–water partition coefficient (Wildman–Crippen LogP) is 2.28. The molecule has 5 nitrogen and oxygen atoms in total. The standard InChI is InChI=1S/C22H26N2O3/c25-20(18-27-21-9-5-2-6-10-21)17-23-13-15-24(16-14-23)22(26)12-11-19-7-3-1-4-8-19/h1-12,20,25H,13-18H2/b12-11+/t20-/m0/s1. The van der Waals surface area contributed by atoms with E-state index in [9.17, 15) is 9.90 Å². The minimum atomic E-state index is -0.551. The molecule has 1 heterocycles. The fourth-order valence-electron chi connectivity index (χ4n) is 3.05. The lowest BCUT2D eigenvalue weighted by molar-refractivity contribution is -0.127. The summed E-state index contributed by atoms with van der Waals surface area (Å²) >= 11 is 0. The molecule has 1 amide bonds. The molecule has 0 radical (unpaired) electrons. The van der Waals surface area contributed by atoms with Crippen LogP contribution in [0.5, 0.6) is 5.75 Å². The van der Waals surface area contributed by atoms with E-state index >= 15 is 0 Å². The first-order chi connectivity index (χ1) is 13.2. The summed E-state index contributed by atoms with van der Waals surface area (Å²) in [7, 11) is 0. The van der Waals surface area contributed by atoms with Gasteiger partial charge in [-0.1, -0.05) is 48.5 Å². The molecule has 3 rings (SSSR count). The minimum absolute atomic E-state index is 0.0338. The molecule has 2 aromatic carbocycles. The molecular formula is C22H26N2O3. The highest BCUT2D eigenvalue weighted by molar-refractivity contribution is 5.91. The molecule has 1 aliphatic heterocycles. The summed E-state index contributed by atoms with van der Waals surface area (Å²) in [5.41, 5.74) is 1.02. The monoisotopic (exact) mass is 366 g/mol. The minimum Gasteiger partial charge on any atom is -0.491 e. The van der Waals surface area contributed by atoms with Crippen LogP contribution in [-0.4, -0.2) is 66.2 Å². The van der Waals surface area contributed by atoms with Gasteiger partial charge in [-0.25, -0.2) is 0 Å². The molecule has 0 saturated carbocycles. The first kappa shape index (κ1) is 19.1. The Labute approximate surface area is 160 Å². The highest BCUT2D eigenvalue weighted by Crippen LogP contribution is 2.10. The van der Waals surface area contributed by atoms with Gasteiger partial charge in [0, 0.05) is 38.8 Å². The van der Waals surface area contributed by atoms with Crippen LogP contribution in [-0.2, 0) is 4.79 Å². The summed E-state index contributed by atoms with van der Waals surface area (Å²) < 4.78 is 5.59. The average Bonchev–Trinajstić information content (AvgIpc) is 2.72. The number of β-amino-alcohol motifs (C(OH)–C–C–N with tert-alkyl or cyclic N) is 1. The lowest BCUT2D eigenvalue weighted by atomic mass is 10.2. The van der Waals surface area contributed by atoms with Crippen LogP contribution >= 0.6 is 0 Å². The number of carbonyl (C=O) groups excluding carboxylic acids is 1. The van der Waals surface area contributed by atoms with Crippen molar-refractivity contribution in [2.45, 2.75) is 6.10 Å². The molecule has 2 aromatic rings. The van der Waals surface area contributed by atoms with Gasteiger partial charge in [0.05, 0.1) is 0 Å². The third kappa shape index (κ3) is 6.24. The van der Waals surface area contributed by atoms with E-state index in [2.05, 4.69) is 4.90 Å². The van der Waals surface area contributed by atoms with Crippen molar-refractivity contribution in [3.63, 3.8) is 0 Å². The van der Waals surface area contributed by atoms with Crippen LogP contribution in [0.25, 0.3) is 6.08 Å². The summed E-state index contributed by atoms with van der Waals surface area (Å²) in [5, 5.41) is 10.2. The molecule has 0 bridgehead atoms. The Hall–Kier alpha value is -2.63. The first-order valence-corrected chi connectivity index (χ1v) is 9.31. The smallest absolute Gasteiger partial charge is 0.246 e. The van der Waals surface area contributed by atoms with Crippen molar-refractivity contribution in [1.29, 1.82) is 0 Å². The number of aliphatic hydroxyl groups excluding tert-OH is 1. The van der Waals surface area contributed by atoms with Crippen molar-refractivity contribution in [1.82, 2.24) is 9.80 Å². The van der Waals surface area contributed by atoms with E-state index in [0.717, 1.165) is 24.4 Å². The zero-order valence-corrected chi connectivity index (χ0v) is 15.4. The number of amides is 1. The predicted molar refractivity (Wildman–Crippen MR) is 106 cm³/mol. The molecule has 1 N–H and O–H groups in total. The van der Waals surface area contributed by atoms with Crippen LogP contribution in [0, 0.1) is 0 Å². The fourth-order valence-corrected chi connectivity index (χ4v) is 3.05. The Balaban J connectivity index is 1.38. The molecule has 0 unspecified atom stereocenters.